The van der Waals surface area contributed by atoms with Crippen molar-refractivity contribution >= 4 is 0 Å². The lowest BCUT2D eigenvalue weighted by molar-refractivity contribution is 0.134. The van der Waals surface area contributed by atoms with E-state index >= 15 is 0 Å². The second kappa shape index (κ2) is 3.48. The molecule has 13 heavy (non-hydrogen) atoms. The maximum absolute atomic E-state index is 9.03. The minimum Gasteiger partial charge on any atom is -0.395 e. The molecule has 0 saturated heterocycles. The lowest BCUT2D eigenvalue weighted by Crippen LogP contribution is -2.30. The lowest BCUT2D eigenvalue weighted by Gasteiger charge is -2.21. The van der Waals surface area contributed by atoms with Crippen LogP contribution < -0.4 is 0 Å². The van der Waals surface area contributed by atoms with E-state index < -0.39 is 0 Å². The Morgan fingerprint density at radius 3 is 2.31 bits per heavy atom. The molecule has 70 valence electrons. The van der Waals surface area contributed by atoms with Gasteiger partial charge in [0.1, 0.15) is 0 Å². The molecule has 1 aliphatic heterocycles. The van der Waals surface area contributed by atoms with Gasteiger partial charge in [0.15, 0.2) is 0 Å². The van der Waals surface area contributed by atoms with Gasteiger partial charge in [-0.1, -0.05) is 24.3 Å². The van der Waals surface area contributed by atoms with Crippen LogP contribution in [0.25, 0.3) is 0 Å². The summed E-state index contributed by atoms with van der Waals surface area (Å²) in [5.74, 6) is 0. The summed E-state index contributed by atoms with van der Waals surface area (Å²) in [6.07, 6.45) is 0. The molecule has 1 aliphatic rings. The van der Waals surface area contributed by atoms with Crippen molar-refractivity contribution in [1.82, 2.24) is 4.90 Å². The molecule has 0 aliphatic carbocycles. The van der Waals surface area contributed by atoms with Crippen LogP contribution in [-0.4, -0.2) is 22.7 Å². The van der Waals surface area contributed by atoms with Gasteiger partial charge in [0.2, 0.25) is 0 Å². The first kappa shape index (κ1) is 8.73. The Kier molecular flexibility index (Phi) is 2.34. The third-order valence-electron chi connectivity index (χ3n) is 2.75. The van der Waals surface area contributed by atoms with Crippen LogP contribution in [0, 0.1) is 0 Å². The molecule has 1 heterocycles. The number of benzene rings is 1. The number of rotatable bonds is 2. The summed E-state index contributed by atoms with van der Waals surface area (Å²) in [7, 11) is 0. The predicted molar refractivity (Wildman–Crippen MR) is 52.2 cm³/mol. The van der Waals surface area contributed by atoms with Crippen LogP contribution in [0.5, 0.6) is 0 Å². The second-order valence-electron chi connectivity index (χ2n) is 3.71. The quantitative estimate of drug-likeness (QED) is 0.737. The fourth-order valence-corrected chi connectivity index (χ4v) is 1.79. The molecule has 0 aromatic heterocycles. The van der Waals surface area contributed by atoms with Crippen LogP contribution in [-0.2, 0) is 13.1 Å². The van der Waals surface area contributed by atoms with Gasteiger partial charge >= 0.3 is 0 Å². The molecular formula is C11H15NO. The van der Waals surface area contributed by atoms with Crippen LogP contribution in [0.3, 0.4) is 0 Å². The Balaban J connectivity index is 2.14. The van der Waals surface area contributed by atoms with Gasteiger partial charge in [0.25, 0.3) is 0 Å². The first-order valence-electron chi connectivity index (χ1n) is 4.73. The molecule has 0 radical (unpaired) electrons. The number of hydrogen-bond donors (Lipinski definition) is 1. The van der Waals surface area contributed by atoms with E-state index in [1.54, 1.807) is 0 Å². The third-order valence-corrected chi connectivity index (χ3v) is 2.75. The molecule has 0 saturated carbocycles. The zero-order valence-electron chi connectivity index (χ0n) is 7.90. The van der Waals surface area contributed by atoms with Gasteiger partial charge in [0, 0.05) is 19.1 Å². The van der Waals surface area contributed by atoms with Crippen LogP contribution >= 0.6 is 0 Å². The SMILES string of the molecule is C[C@@H](CO)N1Cc2ccccc2C1. The summed E-state index contributed by atoms with van der Waals surface area (Å²) in [5, 5.41) is 9.03. The largest absolute Gasteiger partial charge is 0.395 e. The third kappa shape index (κ3) is 1.60. The lowest BCUT2D eigenvalue weighted by atomic mass is 10.1. The number of nitrogens with zero attached hydrogens (tertiary/aromatic N) is 1. The topological polar surface area (TPSA) is 23.5 Å². The van der Waals surface area contributed by atoms with Crippen molar-refractivity contribution in [2.45, 2.75) is 26.1 Å². The number of fused-ring (bicyclic) bond motifs is 1. The maximum atomic E-state index is 9.03. The van der Waals surface area contributed by atoms with Gasteiger partial charge in [0.05, 0.1) is 6.61 Å². The van der Waals surface area contributed by atoms with Crippen molar-refractivity contribution in [3.63, 3.8) is 0 Å². The number of aliphatic hydroxyl groups excluding tert-OH is 1. The Morgan fingerprint density at radius 2 is 1.85 bits per heavy atom. The fraction of sp³-hybridized carbons (Fsp3) is 0.455. The fourth-order valence-electron chi connectivity index (χ4n) is 1.79. The molecule has 1 aromatic carbocycles. The van der Waals surface area contributed by atoms with Crippen LogP contribution in [0.2, 0.25) is 0 Å². The highest BCUT2D eigenvalue weighted by Gasteiger charge is 2.21. The summed E-state index contributed by atoms with van der Waals surface area (Å²) in [6.45, 7) is 4.27. The summed E-state index contributed by atoms with van der Waals surface area (Å²) in [5.41, 5.74) is 2.81. The highest BCUT2D eigenvalue weighted by molar-refractivity contribution is 5.30. The average molecular weight is 177 g/mol. The Labute approximate surface area is 78.8 Å². The van der Waals surface area contributed by atoms with Gasteiger partial charge in [-0.05, 0) is 18.1 Å². The summed E-state index contributed by atoms with van der Waals surface area (Å²) < 4.78 is 0. The zero-order valence-corrected chi connectivity index (χ0v) is 7.90. The van der Waals surface area contributed by atoms with Gasteiger partial charge in [-0.2, -0.15) is 0 Å². The minimum absolute atomic E-state index is 0.244. The monoisotopic (exact) mass is 177 g/mol. The molecule has 0 spiro atoms. The minimum atomic E-state index is 0.244. The Morgan fingerprint density at radius 1 is 1.31 bits per heavy atom. The molecule has 2 nitrogen and oxygen atoms in total. The van der Waals surface area contributed by atoms with E-state index in [1.807, 2.05) is 0 Å². The van der Waals surface area contributed by atoms with E-state index in [2.05, 4.69) is 36.1 Å². The summed E-state index contributed by atoms with van der Waals surface area (Å²) in [6, 6.07) is 8.75. The van der Waals surface area contributed by atoms with Crippen LogP contribution in [0.15, 0.2) is 24.3 Å². The van der Waals surface area contributed by atoms with Crippen LogP contribution in [0.4, 0.5) is 0 Å². The highest BCUT2D eigenvalue weighted by Crippen LogP contribution is 2.23. The van der Waals surface area contributed by atoms with Gasteiger partial charge in [-0.25, -0.2) is 0 Å². The normalized spacial score (nSPS) is 18.6. The van der Waals surface area contributed by atoms with E-state index in [9.17, 15) is 0 Å². The molecule has 0 amide bonds. The maximum Gasteiger partial charge on any atom is 0.0584 e. The van der Waals surface area contributed by atoms with Crippen molar-refractivity contribution in [1.29, 1.82) is 0 Å². The van der Waals surface area contributed by atoms with Crippen molar-refractivity contribution in [2.24, 2.45) is 0 Å². The van der Waals surface area contributed by atoms with E-state index in [0.29, 0.717) is 0 Å². The average Bonchev–Trinajstić information content (AvgIpc) is 2.59. The van der Waals surface area contributed by atoms with E-state index in [0.717, 1.165) is 13.1 Å². The van der Waals surface area contributed by atoms with Crippen molar-refractivity contribution in [3.05, 3.63) is 35.4 Å². The molecule has 2 rings (SSSR count). The molecular weight excluding hydrogens is 162 g/mol. The Hall–Kier alpha value is -0.860. The molecule has 1 N–H and O–H groups in total. The second-order valence-corrected chi connectivity index (χ2v) is 3.71. The van der Waals surface area contributed by atoms with E-state index in [-0.39, 0.29) is 12.6 Å². The molecule has 0 fully saturated rings. The van der Waals surface area contributed by atoms with Crippen molar-refractivity contribution in [2.75, 3.05) is 6.61 Å². The van der Waals surface area contributed by atoms with Gasteiger partial charge < -0.3 is 5.11 Å². The zero-order chi connectivity index (χ0) is 9.26. The van der Waals surface area contributed by atoms with Gasteiger partial charge in [-0.3, -0.25) is 4.90 Å². The van der Waals surface area contributed by atoms with E-state index in [1.165, 1.54) is 11.1 Å². The molecule has 0 unspecified atom stereocenters. The molecule has 2 heteroatoms. The van der Waals surface area contributed by atoms with Crippen LogP contribution in [0.1, 0.15) is 18.1 Å². The first-order valence-corrected chi connectivity index (χ1v) is 4.73. The Bertz CT molecular complexity index is 273. The smallest absolute Gasteiger partial charge is 0.0584 e. The predicted octanol–water partition coefficient (Wildman–Crippen LogP) is 1.38. The first-order chi connectivity index (χ1) is 6.31. The summed E-state index contributed by atoms with van der Waals surface area (Å²) in [4.78, 5) is 2.30. The van der Waals surface area contributed by atoms with Gasteiger partial charge in [-0.15, -0.1) is 0 Å². The molecule has 1 atom stereocenters. The van der Waals surface area contributed by atoms with Crippen molar-refractivity contribution in [3.8, 4) is 0 Å². The van der Waals surface area contributed by atoms with E-state index in [4.69, 9.17) is 5.11 Å². The summed E-state index contributed by atoms with van der Waals surface area (Å²) >= 11 is 0. The molecule has 1 aromatic rings. The van der Waals surface area contributed by atoms with Crippen molar-refractivity contribution < 1.29 is 5.11 Å². The number of aliphatic hydroxyl groups is 1. The molecule has 0 bridgehead atoms. The standard InChI is InChI=1S/C11H15NO/c1-9(8-13)12-6-10-4-2-3-5-11(10)7-12/h2-5,9,13H,6-8H2,1H3/t9-/m0/s1. The number of hydrogen-bond acceptors (Lipinski definition) is 2. The highest BCUT2D eigenvalue weighted by atomic mass is 16.3.